The highest BCUT2D eigenvalue weighted by molar-refractivity contribution is 8.00. The third kappa shape index (κ3) is 3.54. The topological polar surface area (TPSA) is 42.0 Å². The molecule has 1 aromatic heterocycles. The molecule has 122 valence electrons. The molecule has 1 heterocycles. The number of thioether (sulfide) groups is 1. The van der Waals surface area contributed by atoms with Crippen LogP contribution in [0, 0.1) is 11.6 Å². The number of nitrogens with zero attached hydrogens (tertiary/aromatic N) is 1. The van der Waals surface area contributed by atoms with E-state index in [1.807, 2.05) is 18.2 Å². The molecule has 0 saturated carbocycles. The minimum Gasteiger partial charge on any atom is -0.324 e. The molecule has 1 atom stereocenters. The molecule has 3 aromatic rings. The zero-order chi connectivity index (χ0) is 17.1. The molecule has 24 heavy (non-hydrogen) atoms. The number of halogens is 2. The Morgan fingerprint density at radius 2 is 2.00 bits per heavy atom. The maximum absolute atomic E-state index is 13.7. The average molecular weight is 344 g/mol. The summed E-state index contributed by atoms with van der Waals surface area (Å²) in [6, 6.07) is 12.4. The number of carbonyl (C=O) groups excluding carboxylic acids is 1. The summed E-state index contributed by atoms with van der Waals surface area (Å²) >= 11 is 1.04. The van der Waals surface area contributed by atoms with Gasteiger partial charge in [0, 0.05) is 22.5 Å². The molecule has 6 heteroatoms. The van der Waals surface area contributed by atoms with E-state index in [4.69, 9.17) is 0 Å². The van der Waals surface area contributed by atoms with Gasteiger partial charge in [-0.3, -0.25) is 9.78 Å². The number of carbonyl (C=O) groups is 1. The van der Waals surface area contributed by atoms with Crippen molar-refractivity contribution >= 4 is 34.3 Å². The van der Waals surface area contributed by atoms with E-state index in [0.29, 0.717) is 5.69 Å². The summed E-state index contributed by atoms with van der Waals surface area (Å²) in [6.45, 7) is 1.67. The lowest BCUT2D eigenvalue weighted by Gasteiger charge is -2.13. The molecule has 1 N–H and O–H groups in total. The Labute approximate surface area is 142 Å². The lowest BCUT2D eigenvalue weighted by molar-refractivity contribution is -0.115. The van der Waals surface area contributed by atoms with Gasteiger partial charge in [-0.25, -0.2) is 8.78 Å². The summed E-state index contributed by atoms with van der Waals surface area (Å²) < 4.78 is 26.7. The number of hydrogen-bond acceptors (Lipinski definition) is 3. The van der Waals surface area contributed by atoms with Crippen LogP contribution in [0.5, 0.6) is 0 Å². The highest BCUT2D eigenvalue weighted by atomic mass is 32.2. The fourth-order valence-electron chi connectivity index (χ4n) is 2.26. The number of anilines is 1. The Morgan fingerprint density at radius 3 is 2.79 bits per heavy atom. The SMILES string of the molecule is CC(Sc1ccc(F)cc1F)C(=O)Nc1cccc2ncccc12. The van der Waals surface area contributed by atoms with Crippen molar-refractivity contribution in [3.8, 4) is 0 Å². The van der Waals surface area contributed by atoms with Crippen LogP contribution in [0.4, 0.5) is 14.5 Å². The quantitative estimate of drug-likeness (QED) is 0.702. The van der Waals surface area contributed by atoms with Gasteiger partial charge in [0.1, 0.15) is 11.6 Å². The second kappa shape index (κ2) is 6.97. The van der Waals surface area contributed by atoms with Crippen molar-refractivity contribution in [2.24, 2.45) is 0 Å². The van der Waals surface area contributed by atoms with Crippen LogP contribution in [0.3, 0.4) is 0 Å². The van der Waals surface area contributed by atoms with E-state index in [2.05, 4.69) is 10.3 Å². The first-order valence-electron chi connectivity index (χ1n) is 7.31. The standard InChI is InChI=1S/C18H14F2N2OS/c1-11(24-17-8-7-12(19)10-14(17)20)18(23)22-16-6-2-5-15-13(16)4-3-9-21-15/h2-11H,1H3,(H,22,23). The summed E-state index contributed by atoms with van der Waals surface area (Å²) in [5.41, 5.74) is 1.43. The maximum Gasteiger partial charge on any atom is 0.237 e. The van der Waals surface area contributed by atoms with Crippen LogP contribution < -0.4 is 5.32 Å². The van der Waals surface area contributed by atoms with Gasteiger partial charge in [-0.05, 0) is 43.3 Å². The maximum atomic E-state index is 13.7. The van der Waals surface area contributed by atoms with E-state index in [1.54, 1.807) is 25.3 Å². The van der Waals surface area contributed by atoms with Gasteiger partial charge >= 0.3 is 0 Å². The first-order valence-corrected chi connectivity index (χ1v) is 8.19. The van der Waals surface area contributed by atoms with Gasteiger partial charge in [0.25, 0.3) is 0 Å². The molecule has 0 spiro atoms. The van der Waals surface area contributed by atoms with E-state index in [-0.39, 0.29) is 10.8 Å². The van der Waals surface area contributed by atoms with E-state index in [0.717, 1.165) is 28.7 Å². The Kier molecular flexibility index (Phi) is 4.76. The molecule has 3 nitrogen and oxygen atoms in total. The zero-order valence-corrected chi connectivity index (χ0v) is 13.6. The van der Waals surface area contributed by atoms with Gasteiger partial charge in [0.05, 0.1) is 16.5 Å². The second-order valence-electron chi connectivity index (χ2n) is 5.20. The van der Waals surface area contributed by atoms with Crippen LogP contribution in [0.2, 0.25) is 0 Å². The van der Waals surface area contributed by atoms with Crippen molar-refractivity contribution in [3.63, 3.8) is 0 Å². The molecule has 0 radical (unpaired) electrons. The summed E-state index contributed by atoms with van der Waals surface area (Å²) in [4.78, 5) is 16.9. The predicted molar refractivity (Wildman–Crippen MR) is 92.0 cm³/mol. The van der Waals surface area contributed by atoms with Crippen molar-refractivity contribution in [3.05, 3.63) is 66.4 Å². The van der Waals surface area contributed by atoms with Crippen LogP contribution in [0.15, 0.2) is 59.6 Å². The van der Waals surface area contributed by atoms with Gasteiger partial charge in [-0.1, -0.05) is 6.07 Å². The Hall–Kier alpha value is -2.47. The van der Waals surface area contributed by atoms with Crippen LogP contribution >= 0.6 is 11.8 Å². The molecule has 0 aliphatic heterocycles. The van der Waals surface area contributed by atoms with E-state index in [1.165, 1.54) is 12.1 Å². The van der Waals surface area contributed by atoms with Crippen molar-refractivity contribution < 1.29 is 13.6 Å². The Bertz CT molecular complexity index is 896. The summed E-state index contributed by atoms with van der Waals surface area (Å²) in [5, 5.41) is 3.13. The van der Waals surface area contributed by atoms with Crippen LogP contribution in [0.1, 0.15) is 6.92 Å². The monoisotopic (exact) mass is 344 g/mol. The van der Waals surface area contributed by atoms with Crippen molar-refractivity contribution in [1.82, 2.24) is 4.98 Å². The average Bonchev–Trinajstić information content (AvgIpc) is 2.57. The van der Waals surface area contributed by atoms with Gasteiger partial charge in [-0.2, -0.15) is 0 Å². The number of amides is 1. The molecular formula is C18H14F2N2OS. The van der Waals surface area contributed by atoms with Gasteiger partial charge in [-0.15, -0.1) is 11.8 Å². The predicted octanol–water partition coefficient (Wildman–Crippen LogP) is 4.63. The third-order valence-corrected chi connectivity index (χ3v) is 4.62. The lowest BCUT2D eigenvalue weighted by atomic mass is 10.2. The molecule has 0 saturated heterocycles. The minimum absolute atomic E-state index is 0.235. The fraction of sp³-hybridized carbons (Fsp3) is 0.111. The first kappa shape index (κ1) is 16.4. The van der Waals surface area contributed by atoms with Crippen LogP contribution in [-0.2, 0) is 4.79 Å². The number of benzene rings is 2. The molecule has 0 fully saturated rings. The fourth-order valence-corrected chi connectivity index (χ4v) is 3.13. The van der Waals surface area contributed by atoms with Gasteiger partial charge in [0.2, 0.25) is 5.91 Å². The van der Waals surface area contributed by atoms with Gasteiger partial charge in [0.15, 0.2) is 0 Å². The summed E-state index contributed by atoms with van der Waals surface area (Å²) in [7, 11) is 0. The van der Waals surface area contributed by atoms with Crippen molar-refractivity contribution in [1.29, 1.82) is 0 Å². The molecule has 3 rings (SSSR count). The number of rotatable bonds is 4. The molecule has 1 unspecified atom stereocenters. The molecule has 0 aliphatic rings. The van der Waals surface area contributed by atoms with E-state index in [9.17, 15) is 13.6 Å². The summed E-state index contributed by atoms with van der Waals surface area (Å²) in [5.74, 6) is -1.58. The van der Waals surface area contributed by atoms with Crippen LogP contribution in [-0.4, -0.2) is 16.1 Å². The number of nitrogens with one attached hydrogen (secondary N) is 1. The molecule has 0 bridgehead atoms. The number of aromatic nitrogens is 1. The third-order valence-electron chi connectivity index (χ3n) is 3.47. The number of fused-ring (bicyclic) bond motifs is 1. The van der Waals surface area contributed by atoms with Crippen molar-refractivity contribution in [2.45, 2.75) is 17.1 Å². The Balaban J connectivity index is 1.76. The smallest absolute Gasteiger partial charge is 0.237 e. The molecular weight excluding hydrogens is 330 g/mol. The highest BCUT2D eigenvalue weighted by Crippen LogP contribution is 2.28. The minimum atomic E-state index is -0.672. The van der Waals surface area contributed by atoms with E-state index < -0.39 is 16.9 Å². The van der Waals surface area contributed by atoms with Crippen molar-refractivity contribution in [2.75, 3.05) is 5.32 Å². The van der Waals surface area contributed by atoms with Crippen LogP contribution in [0.25, 0.3) is 10.9 Å². The summed E-state index contributed by atoms with van der Waals surface area (Å²) in [6.07, 6.45) is 1.68. The zero-order valence-electron chi connectivity index (χ0n) is 12.8. The Morgan fingerprint density at radius 1 is 1.17 bits per heavy atom. The highest BCUT2D eigenvalue weighted by Gasteiger charge is 2.17. The number of pyridine rings is 1. The number of hydrogen-bond donors (Lipinski definition) is 1. The van der Waals surface area contributed by atoms with E-state index >= 15 is 0 Å². The molecule has 1 amide bonds. The normalized spacial score (nSPS) is 12.1. The molecule has 0 aliphatic carbocycles. The largest absolute Gasteiger partial charge is 0.324 e. The second-order valence-corrected chi connectivity index (χ2v) is 6.58. The first-order chi connectivity index (χ1) is 11.5. The lowest BCUT2D eigenvalue weighted by Crippen LogP contribution is -2.22. The van der Waals surface area contributed by atoms with Gasteiger partial charge < -0.3 is 5.32 Å². The molecule has 2 aromatic carbocycles.